The molecule has 0 aromatic heterocycles. The van der Waals surface area contributed by atoms with Crippen molar-refractivity contribution in [3.63, 3.8) is 0 Å². The fourth-order valence-electron chi connectivity index (χ4n) is 2.35. The van der Waals surface area contributed by atoms with E-state index in [4.69, 9.17) is 0 Å². The maximum atomic E-state index is 3.58. The van der Waals surface area contributed by atoms with E-state index in [0.29, 0.717) is 0 Å². The summed E-state index contributed by atoms with van der Waals surface area (Å²) in [5.41, 5.74) is 0. The van der Waals surface area contributed by atoms with E-state index < -0.39 is 0 Å². The van der Waals surface area contributed by atoms with Crippen molar-refractivity contribution in [1.82, 2.24) is 10.6 Å². The van der Waals surface area contributed by atoms with Crippen LogP contribution in [0.1, 0.15) is 39.0 Å². The van der Waals surface area contributed by atoms with Crippen LogP contribution in [0.4, 0.5) is 0 Å². The summed E-state index contributed by atoms with van der Waals surface area (Å²) < 4.78 is 0. The van der Waals surface area contributed by atoms with Crippen molar-refractivity contribution in [3.05, 3.63) is 0 Å². The van der Waals surface area contributed by atoms with Crippen LogP contribution in [-0.4, -0.2) is 25.7 Å². The zero-order chi connectivity index (χ0) is 9.80. The topological polar surface area (TPSA) is 24.1 Å². The Balaban J connectivity index is 1.45. The molecule has 1 saturated heterocycles. The Morgan fingerprint density at radius 2 is 2.14 bits per heavy atom. The van der Waals surface area contributed by atoms with Crippen LogP contribution in [0.5, 0.6) is 0 Å². The van der Waals surface area contributed by atoms with Gasteiger partial charge in [-0.05, 0) is 44.2 Å². The second-order valence-corrected chi connectivity index (χ2v) is 5.12. The van der Waals surface area contributed by atoms with E-state index in [1.807, 2.05) is 0 Å². The highest BCUT2D eigenvalue weighted by molar-refractivity contribution is 4.82. The molecule has 0 bridgehead atoms. The minimum Gasteiger partial charge on any atom is -0.315 e. The van der Waals surface area contributed by atoms with Crippen LogP contribution in [0.25, 0.3) is 0 Å². The lowest BCUT2D eigenvalue weighted by molar-refractivity contribution is 0.443. The van der Waals surface area contributed by atoms with Crippen molar-refractivity contribution in [2.75, 3.05) is 19.6 Å². The lowest BCUT2D eigenvalue weighted by Gasteiger charge is -2.16. The van der Waals surface area contributed by atoms with Crippen LogP contribution in [0.3, 0.4) is 0 Å². The first-order chi connectivity index (χ1) is 6.86. The Hall–Kier alpha value is -0.0800. The Morgan fingerprint density at radius 3 is 2.79 bits per heavy atom. The standard InChI is InChI=1S/C12H24N2/c1-10-6-8-14-12(10)9-13-7-2-3-11-4-5-11/h10-14H,2-9H2,1H3. The molecule has 0 amide bonds. The summed E-state index contributed by atoms with van der Waals surface area (Å²) in [4.78, 5) is 0. The minimum absolute atomic E-state index is 0.732. The first-order valence-corrected chi connectivity index (χ1v) is 6.30. The predicted molar refractivity (Wildman–Crippen MR) is 60.4 cm³/mol. The van der Waals surface area contributed by atoms with Gasteiger partial charge in [0.15, 0.2) is 0 Å². The summed E-state index contributed by atoms with van der Waals surface area (Å²) in [6, 6.07) is 0.732. The van der Waals surface area contributed by atoms with E-state index in [9.17, 15) is 0 Å². The van der Waals surface area contributed by atoms with Crippen LogP contribution < -0.4 is 10.6 Å². The molecule has 2 aliphatic rings. The van der Waals surface area contributed by atoms with Crippen molar-refractivity contribution >= 4 is 0 Å². The van der Waals surface area contributed by atoms with Gasteiger partial charge in [0.1, 0.15) is 0 Å². The van der Waals surface area contributed by atoms with Crippen LogP contribution >= 0.6 is 0 Å². The van der Waals surface area contributed by atoms with Gasteiger partial charge in [0.25, 0.3) is 0 Å². The van der Waals surface area contributed by atoms with Gasteiger partial charge in [-0.3, -0.25) is 0 Å². The number of nitrogens with one attached hydrogen (secondary N) is 2. The Labute approximate surface area is 87.8 Å². The molecule has 1 aliphatic carbocycles. The van der Waals surface area contributed by atoms with Gasteiger partial charge in [-0.1, -0.05) is 19.8 Å². The molecule has 1 saturated carbocycles. The average Bonchev–Trinajstić information content (AvgIpc) is 2.91. The van der Waals surface area contributed by atoms with Crippen LogP contribution in [0, 0.1) is 11.8 Å². The second kappa shape index (κ2) is 5.13. The molecule has 2 rings (SSSR count). The normalized spacial score (nSPS) is 32.4. The summed E-state index contributed by atoms with van der Waals surface area (Å²) in [6.45, 7) is 5.97. The van der Waals surface area contributed by atoms with E-state index in [1.165, 1.54) is 51.7 Å². The summed E-state index contributed by atoms with van der Waals surface area (Å²) in [5, 5.41) is 7.13. The highest BCUT2D eigenvalue weighted by Crippen LogP contribution is 2.33. The van der Waals surface area contributed by atoms with E-state index in [-0.39, 0.29) is 0 Å². The Kier molecular flexibility index (Phi) is 3.82. The fourth-order valence-corrected chi connectivity index (χ4v) is 2.35. The van der Waals surface area contributed by atoms with Crippen molar-refractivity contribution in [3.8, 4) is 0 Å². The number of hydrogen-bond acceptors (Lipinski definition) is 2. The zero-order valence-corrected chi connectivity index (χ0v) is 9.39. The first kappa shape index (κ1) is 10.4. The van der Waals surface area contributed by atoms with Gasteiger partial charge in [0.05, 0.1) is 0 Å². The monoisotopic (exact) mass is 196 g/mol. The van der Waals surface area contributed by atoms with Gasteiger partial charge in [-0.2, -0.15) is 0 Å². The van der Waals surface area contributed by atoms with Gasteiger partial charge in [0, 0.05) is 12.6 Å². The average molecular weight is 196 g/mol. The molecule has 2 unspecified atom stereocenters. The maximum absolute atomic E-state index is 3.58. The van der Waals surface area contributed by atoms with Crippen molar-refractivity contribution in [2.45, 2.75) is 45.1 Å². The molecular formula is C12H24N2. The molecule has 2 heteroatoms. The molecule has 1 heterocycles. The third-order valence-corrected chi connectivity index (χ3v) is 3.72. The molecule has 0 aromatic rings. The summed E-state index contributed by atoms with van der Waals surface area (Å²) in [6.07, 6.45) is 7.20. The molecule has 2 atom stereocenters. The van der Waals surface area contributed by atoms with Crippen molar-refractivity contribution in [1.29, 1.82) is 0 Å². The van der Waals surface area contributed by atoms with Crippen LogP contribution in [0.15, 0.2) is 0 Å². The molecule has 0 aromatic carbocycles. The van der Waals surface area contributed by atoms with E-state index in [0.717, 1.165) is 17.9 Å². The molecule has 2 nitrogen and oxygen atoms in total. The van der Waals surface area contributed by atoms with E-state index in [1.54, 1.807) is 0 Å². The maximum Gasteiger partial charge on any atom is 0.0218 e. The molecule has 2 N–H and O–H groups in total. The van der Waals surface area contributed by atoms with Crippen molar-refractivity contribution < 1.29 is 0 Å². The van der Waals surface area contributed by atoms with Crippen LogP contribution in [-0.2, 0) is 0 Å². The van der Waals surface area contributed by atoms with Gasteiger partial charge in [-0.15, -0.1) is 0 Å². The Bertz CT molecular complexity index is 166. The van der Waals surface area contributed by atoms with Gasteiger partial charge >= 0.3 is 0 Å². The van der Waals surface area contributed by atoms with E-state index >= 15 is 0 Å². The Morgan fingerprint density at radius 1 is 1.29 bits per heavy atom. The second-order valence-electron chi connectivity index (χ2n) is 5.12. The largest absolute Gasteiger partial charge is 0.315 e. The SMILES string of the molecule is CC1CCNC1CNCCCC1CC1. The molecule has 0 spiro atoms. The van der Waals surface area contributed by atoms with Gasteiger partial charge in [-0.25, -0.2) is 0 Å². The van der Waals surface area contributed by atoms with Crippen molar-refractivity contribution in [2.24, 2.45) is 11.8 Å². The smallest absolute Gasteiger partial charge is 0.0218 e. The number of rotatable bonds is 6. The molecule has 14 heavy (non-hydrogen) atoms. The fraction of sp³-hybridized carbons (Fsp3) is 1.00. The van der Waals surface area contributed by atoms with E-state index in [2.05, 4.69) is 17.6 Å². The van der Waals surface area contributed by atoms with Gasteiger partial charge in [0.2, 0.25) is 0 Å². The minimum atomic E-state index is 0.732. The molecule has 0 radical (unpaired) electrons. The third kappa shape index (κ3) is 3.25. The third-order valence-electron chi connectivity index (χ3n) is 3.72. The zero-order valence-electron chi connectivity index (χ0n) is 9.39. The van der Waals surface area contributed by atoms with Gasteiger partial charge < -0.3 is 10.6 Å². The lowest BCUT2D eigenvalue weighted by atomic mass is 10.0. The predicted octanol–water partition coefficient (Wildman–Crippen LogP) is 1.76. The highest BCUT2D eigenvalue weighted by atomic mass is 15.0. The summed E-state index contributed by atoms with van der Waals surface area (Å²) >= 11 is 0. The lowest BCUT2D eigenvalue weighted by Crippen LogP contribution is -2.37. The van der Waals surface area contributed by atoms with Crippen LogP contribution in [0.2, 0.25) is 0 Å². The highest BCUT2D eigenvalue weighted by Gasteiger charge is 2.22. The summed E-state index contributed by atoms with van der Waals surface area (Å²) in [7, 11) is 0. The number of hydrogen-bond donors (Lipinski definition) is 2. The quantitative estimate of drug-likeness (QED) is 0.633. The molecule has 2 fully saturated rings. The summed E-state index contributed by atoms with van der Waals surface area (Å²) in [5.74, 6) is 1.96. The molecule has 82 valence electrons. The first-order valence-electron chi connectivity index (χ1n) is 6.30. The molecular weight excluding hydrogens is 172 g/mol. The molecule has 1 aliphatic heterocycles.